The predicted molar refractivity (Wildman–Crippen MR) is 119 cm³/mol. The zero-order valence-electron chi connectivity index (χ0n) is 18.3. The molecule has 0 unspecified atom stereocenters. The Hall–Kier alpha value is -2.29. The fourth-order valence-corrected chi connectivity index (χ4v) is 6.16. The Kier molecular flexibility index (Phi) is 5.38. The first kappa shape index (κ1) is 22.5. The highest BCUT2D eigenvalue weighted by Crippen LogP contribution is 2.37. The third kappa shape index (κ3) is 4.32. The van der Waals surface area contributed by atoms with E-state index >= 15 is 0 Å². The number of aromatic nitrogens is 5. The van der Waals surface area contributed by atoms with Gasteiger partial charge in [-0.15, -0.1) is 10.2 Å². The Morgan fingerprint density at radius 1 is 1.24 bits per heavy atom. The minimum Gasteiger partial charge on any atom is -0.350 e. The van der Waals surface area contributed by atoms with Gasteiger partial charge >= 0.3 is 0 Å². The minimum atomic E-state index is -3.92. The standard InChI is InChI=1S/C19H24F2N8O2S2/c1-10-7-28(8-11(2)23-10)16-15-22-6-12(17-25-26-18(32-17)14(20)21)29(15)9-13(24-16)33(30,31)27-19(3)4-5-19/h6,9-11,14,23,27H,4-5,7-8H2,1-3H3/t10-,11-/m0/s1. The summed E-state index contributed by atoms with van der Waals surface area (Å²) in [5, 5.41) is 10.5. The first-order valence-electron chi connectivity index (χ1n) is 10.6. The largest absolute Gasteiger partial charge is 0.350 e. The van der Waals surface area contributed by atoms with Crippen LogP contribution < -0.4 is 14.9 Å². The van der Waals surface area contributed by atoms with Gasteiger partial charge in [0.25, 0.3) is 16.4 Å². The van der Waals surface area contributed by atoms with E-state index in [-0.39, 0.29) is 22.1 Å². The molecule has 1 aliphatic heterocycles. The zero-order valence-corrected chi connectivity index (χ0v) is 19.9. The van der Waals surface area contributed by atoms with E-state index in [9.17, 15) is 17.2 Å². The van der Waals surface area contributed by atoms with Gasteiger partial charge in [0.2, 0.25) is 0 Å². The van der Waals surface area contributed by atoms with Crippen LogP contribution >= 0.6 is 11.3 Å². The number of fused-ring (bicyclic) bond motifs is 1. The van der Waals surface area contributed by atoms with E-state index in [1.165, 1.54) is 12.4 Å². The number of halogens is 2. The molecule has 0 bridgehead atoms. The number of piperazine rings is 1. The fraction of sp³-hybridized carbons (Fsp3) is 0.579. The minimum absolute atomic E-state index is 0.158. The molecule has 1 saturated carbocycles. The highest BCUT2D eigenvalue weighted by Gasteiger charge is 2.42. The molecule has 2 atom stereocenters. The van der Waals surface area contributed by atoms with E-state index in [1.807, 2.05) is 25.7 Å². The van der Waals surface area contributed by atoms with Crippen LogP contribution in [-0.4, -0.2) is 63.7 Å². The molecule has 0 aromatic carbocycles. The Morgan fingerprint density at radius 2 is 1.94 bits per heavy atom. The molecule has 1 saturated heterocycles. The Bertz CT molecular complexity index is 1290. The fourth-order valence-electron chi connectivity index (χ4n) is 4.04. The summed E-state index contributed by atoms with van der Waals surface area (Å²) < 4.78 is 56.8. The van der Waals surface area contributed by atoms with Crippen molar-refractivity contribution in [2.24, 2.45) is 0 Å². The van der Waals surface area contributed by atoms with Crippen LogP contribution in [0, 0.1) is 0 Å². The number of sulfonamides is 1. The van der Waals surface area contributed by atoms with Crippen molar-refractivity contribution in [3.8, 4) is 10.7 Å². The Morgan fingerprint density at radius 3 is 2.55 bits per heavy atom. The maximum absolute atomic E-state index is 13.2. The third-order valence-electron chi connectivity index (χ3n) is 5.81. The van der Waals surface area contributed by atoms with E-state index < -0.39 is 27.0 Å². The molecule has 33 heavy (non-hydrogen) atoms. The molecule has 5 rings (SSSR count). The second-order valence-electron chi connectivity index (χ2n) is 9.03. The van der Waals surface area contributed by atoms with E-state index in [0.29, 0.717) is 30.2 Å². The van der Waals surface area contributed by atoms with E-state index in [1.54, 1.807) is 4.40 Å². The first-order chi connectivity index (χ1) is 15.5. The van der Waals surface area contributed by atoms with Gasteiger partial charge in [-0.3, -0.25) is 4.40 Å². The van der Waals surface area contributed by atoms with Crippen molar-refractivity contribution in [3.63, 3.8) is 0 Å². The molecule has 3 aromatic heterocycles. The number of imidazole rings is 1. The molecule has 3 aromatic rings. The molecular formula is C19H24F2N8O2S2. The average Bonchev–Trinajstić information content (AvgIpc) is 3.14. The number of nitrogens with one attached hydrogen (secondary N) is 2. The van der Waals surface area contributed by atoms with Gasteiger partial charge in [-0.1, -0.05) is 11.3 Å². The normalized spacial score (nSPS) is 22.9. The van der Waals surface area contributed by atoms with Crippen LogP contribution in [0.3, 0.4) is 0 Å². The van der Waals surface area contributed by atoms with Crippen molar-refractivity contribution in [2.45, 2.75) is 62.7 Å². The Balaban J connectivity index is 1.67. The van der Waals surface area contributed by atoms with Crippen molar-refractivity contribution in [2.75, 3.05) is 18.0 Å². The molecule has 178 valence electrons. The van der Waals surface area contributed by atoms with Crippen molar-refractivity contribution in [1.29, 1.82) is 0 Å². The summed E-state index contributed by atoms with van der Waals surface area (Å²) in [6.07, 6.45) is 1.62. The monoisotopic (exact) mass is 498 g/mol. The quantitative estimate of drug-likeness (QED) is 0.531. The van der Waals surface area contributed by atoms with Gasteiger partial charge in [-0.05, 0) is 33.6 Å². The molecule has 10 nitrogen and oxygen atoms in total. The van der Waals surface area contributed by atoms with Gasteiger partial charge in [-0.2, -0.15) is 0 Å². The number of alkyl halides is 2. The number of anilines is 1. The molecule has 14 heteroatoms. The average molecular weight is 499 g/mol. The van der Waals surface area contributed by atoms with Crippen LogP contribution in [-0.2, 0) is 10.0 Å². The summed E-state index contributed by atoms with van der Waals surface area (Å²) in [6, 6.07) is 0.316. The molecule has 4 heterocycles. The third-order valence-corrected chi connectivity index (χ3v) is 8.27. The molecule has 0 radical (unpaired) electrons. The van der Waals surface area contributed by atoms with Crippen LogP contribution in [0.15, 0.2) is 17.4 Å². The molecule has 1 aliphatic carbocycles. The SMILES string of the molecule is C[C@H]1CN(c2nc(S(=O)(=O)NC3(C)CC3)cn3c(-c4nnc(C(F)F)s4)cnc23)C[C@H](C)N1. The smallest absolute Gasteiger partial charge is 0.291 e. The lowest BCUT2D eigenvalue weighted by molar-refractivity contribution is 0.150. The van der Waals surface area contributed by atoms with Crippen LogP contribution in [0.4, 0.5) is 14.6 Å². The van der Waals surface area contributed by atoms with Crippen LogP contribution in [0.5, 0.6) is 0 Å². The second-order valence-corrected chi connectivity index (χ2v) is 11.7. The maximum atomic E-state index is 13.2. The van der Waals surface area contributed by atoms with Gasteiger partial charge in [0.15, 0.2) is 26.5 Å². The van der Waals surface area contributed by atoms with E-state index in [0.717, 1.165) is 24.2 Å². The molecule has 2 N–H and O–H groups in total. The van der Waals surface area contributed by atoms with Crippen LogP contribution in [0.25, 0.3) is 16.3 Å². The number of rotatable bonds is 6. The van der Waals surface area contributed by atoms with Crippen molar-refractivity contribution < 1.29 is 17.2 Å². The maximum Gasteiger partial charge on any atom is 0.291 e. The van der Waals surface area contributed by atoms with Crippen molar-refractivity contribution in [1.82, 2.24) is 34.6 Å². The van der Waals surface area contributed by atoms with Crippen molar-refractivity contribution >= 4 is 32.8 Å². The highest BCUT2D eigenvalue weighted by molar-refractivity contribution is 7.89. The lowest BCUT2D eigenvalue weighted by Gasteiger charge is -2.37. The van der Waals surface area contributed by atoms with E-state index in [4.69, 9.17) is 0 Å². The van der Waals surface area contributed by atoms with Gasteiger partial charge in [0.05, 0.1) is 12.4 Å². The summed E-state index contributed by atoms with van der Waals surface area (Å²) in [5.41, 5.74) is 0.330. The number of hydrogen-bond donors (Lipinski definition) is 2. The van der Waals surface area contributed by atoms with Gasteiger partial charge < -0.3 is 10.2 Å². The number of hydrogen-bond acceptors (Lipinski definition) is 9. The summed E-state index contributed by atoms with van der Waals surface area (Å²) >= 11 is 0.747. The lowest BCUT2D eigenvalue weighted by atomic mass is 10.1. The van der Waals surface area contributed by atoms with Crippen molar-refractivity contribution in [3.05, 3.63) is 17.4 Å². The summed E-state index contributed by atoms with van der Waals surface area (Å²) in [6.45, 7) is 7.15. The summed E-state index contributed by atoms with van der Waals surface area (Å²) in [7, 11) is -3.92. The van der Waals surface area contributed by atoms with Gasteiger partial charge in [-0.25, -0.2) is 31.9 Å². The first-order valence-corrected chi connectivity index (χ1v) is 12.9. The topological polar surface area (TPSA) is 117 Å². The number of nitrogens with zero attached hydrogens (tertiary/aromatic N) is 6. The molecule has 2 fully saturated rings. The van der Waals surface area contributed by atoms with Gasteiger partial charge in [0.1, 0.15) is 5.69 Å². The summed E-state index contributed by atoms with van der Waals surface area (Å²) in [4.78, 5) is 11.0. The second kappa shape index (κ2) is 7.89. The summed E-state index contributed by atoms with van der Waals surface area (Å²) in [5.74, 6) is 0.420. The zero-order chi connectivity index (χ0) is 23.5. The highest BCUT2D eigenvalue weighted by atomic mass is 32.2. The molecule has 0 spiro atoms. The van der Waals surface area contributed by atoms with Crippen LogP contribution in [0.2, 0.25) is 0 Å². The van der Waals surface area contributed by atoms with Gasteiger partial charge in [0, 0.05) is 30.7 Å². The van der Waals surface area contributed by atoms with E-state index in [2.05, 4.69) is 30.2 Å². The Labute approximate surface area is 193 Å². The molecule has 2 aliphatic rings. The predicted octanol–water partition coefficient (Wildman–Crippen LogP) is 2.20. The lowest BCUT2D eigenvalue weighted by Crippen LogP contribution is -2.54. The molecular weight excluding hydrogens is 474 g/mol. The molecule has 0 amide bonds. The van der Waals surface area contributed by atoms with Crippen LogP contribution in [0.1, 0.15) is 45.0 Å².